The number of hydrogen-bond acceptors (Lipinski definition) is 4. The van der Waals surface area contributed by atoms with Gasteiger partial charge < -0.3 is 14.4 Å². The lowest BCUT2D eigenvalue weighted by molar-refractivity contribution is 0.103. The third-order valence-corrected chi connectivity index (χ3v) is 17.6. The number of piperidine rings is 1. The fourth-order valence-electron chi connectivity index (χ4n) is 13.3. The number of anilines is 1. The molecule has 8 aromatic carbocycles. The third kappa shape index (κ3) is 8.91. The Morgan fingerprint density at radius 1 is 0.684 bits per heavy atom. The maximum atomic E-state index is 16.9. The first-order chi connectivity index (χ1) is 37.0. The van der Waals surface area contributed by atoms with Crippen LogP contribution < -0.4 is 14.4 Å². The minimum absolute atomic E-state index is 0.0376. The maximum absolute atomic E-state index is 16.9. The molecule has 4 aliphatic rings. The SMILES string of the molecule is CCCCCC1CCC(c2ccc(-c3ccc(C(=O)c4ccc(-c5ccc6c(c5)-c5c(c7c(c8c(F)cc(F)cc58)OC(c5ccc(OC)cc5)(c5ccc(N8CCCCC8)cc5)C=C7)C6(C)C)cc4)cc3)cc2)CC1. The molecule has 8 aromatic rings. The molecule has 2 aliphatic heterocycles. The van der Waals surface area contributed by atoms with Crippen molar-refractivity contribution in [3.8, 4) is 44.9 Å². The van der Waals surface area contributed by atoms with Gasteiger partial charge in [-0.1, -0.05) is 162 Å². The van der Waals surface area contributed by atoms with Crippen molar-refractivity contribution in [3.63, 3.8) is 0 Å². The molecule has 0 aromatic heterocycles. The number of ether oxygens (including phenoxy) is 2. The van der Waals surface area contributed by atoms with E-state index >= 15 is 8.78 Å². The first-order valence-corrected chi connectivity index (χ1v) is 27.9. The normalized spacial score (nSPS) is 19.4. The third-order valence-electron chi connectivity index (χ3n) is 17.6. The number of benzene rings is 8. The Balaban J connectivity index is 0.832. The molecule has 12 rings (SSSR count). The first kappa shape index (κ1) is 49.6. The van der Waals surface area contributed by atoms with Gasteiger partial charge >= 0.3 is 0 Å². The number of halogens is 2. The molecule has 1 unspecified atom stereocenters. The van der Waals surface area contributed by atoms with Crippen LogP contribution in [0.4, 0.5) is 14.5 Å². The van der Waals surface area contributed by atoms with E-state index in [1.165, 1.54) is 87.9 Å². The van der Waals surface area contributed by atoms with Gasteiger partial charge in [0.15, 0.2) is 11.4 Å². The molecule has 384 valence electrons. The number of rotatable bonds is 13. The van der Waals surface area contributed by atoms with Crippen LogP contribution >= 0.6 is 0 Å². The molecular weight excluding hydrogens is 941 g/mol. The topological polar surface area (TPSA) is 38.8 Å². The Hall–Kier alpha value is -7.31. The van der Waals surface area contributed by atoms with Gasteiger partial charge in [-0.25, -0.2) is 8.78 Å². The number of hydrogen-bond donors (Lipinski definition) is 0. The lowest BCUT2D eigenvalue weighted by Gasteiger charge is -2.39. The molecule has 0 N–H and O–H groups in total. The molecule has 4 nitrogen and oxygen atoms in total. The van der Waals surface area contributed by atoms with Crippen molar-refractivity contribution in [1.82, 2.24) is 0 Å². The molecule has 1 atom stereocenters. The highest BCUT2D eigenvalue weighted by atomic mass is 19.1. The number of carbonyl (C=O) groups is 1. The highest BCUT2D eigenvalue weighted by Crippen LogP contribution is 2.59. The van der Waals surface area contributed by atoms with Gasteiger partial charge in [0.05, 0.1) is 12.5 Å². The van der Waals surface area contributed by atoms with Crippen LogP contribution in [0.15, 0.2) is 158 Å². The molecule has 0 spiro atoms. The van der Waals surface area contributed by atoms with E-state index in [-0.39, 0.29) is 11.2 Å². The van der Waals surface area contributed by atoms with Crippen LogP contribution in [0.5, 0.6) is 11.5 Å². The van der Waals surface area contributed by atoms with Gasteiger partial charge in [0.2, 0.25) is 0 Å². The standard InChI is InChI=1S/C70H67F2NO3/c1-5-6-8-11-45-12-14-46(15-13-45)47-16-18-48(19-17-47)49-20-24-51(25-21-49)67(74)52-26-22-50(23-27-52)53-28-37-62-60(42-53)64-61-43-56(71)44-63(72)65(61)68-59(66(64)69(62,2)3)38-39-70(76-68,55-31-35-58(75-4)36-32-55)54-29-33-57(34-30-54)73-40-9-7-10-41-73/h16-39,42-46H,5-15,40-41H2,1-4H3. The van der Waals surface area contributed by atoms with Gasteiger partial charge in [-0.15, -0.1) is 0 Å². The quantitative estimate of drug-likeness (QED) is 0.0852. The van der Waals surface area contributed by atoms with E-state index in [2.05, 4.69) is 105 Å². The smallest absolute Gasteiger partial charge is 0.193 e. The van der Waals surface area contributed by atoms with Crippen LogP contribution in [0.1, 0.15) is 147 Å². The lowest BCUT2D eigenvalue weighted by Crippen LogP contribution is -2.35. The van der Waals surface area contributed by atoms with Gasteiger partial charge in [0, 0.05) is 58.1 Å². The highest BCUT2D eigenvalue weighted by Gasteiger charge is 2.45. The highest BCUT2D eigenvalue weighted by molar-refractivity contribution is 6.10. The largest absolute Gasteiger partial charge is 0.497 e. The van der Waals surface area contributed by atoms with Crippen LogP contribution in [0.3, 0.4) is 0 Å². The van der Waals surface area contributed by atoms with Gasteiger partial charge in [0.1, 0.15) is 23.1 Å². The van der Waals surface area contributed by atoms with Crippen molar-refractivity contribution < 1.29 is 23.0 Å². The van der Waals surface area contributed by atoms with E-state index in [0.29, 0.717) is 33.9 Å². The Morgan fingerprint density at radius 2 is 1.29 bits per heavy atom. The van der Waals surface area contributed by atoms with Crippen molar-refractivity contribution in [2.24, 2.45) is 5.92 Å². The van der Waals surface area contributed by atoms with E-state index < -0.39 is 22.7 Å². The molecule has 6 heteroatoms. The van der Waals surface area contributed by atoms with E-state index in [1.807, 2.05) is 72.8 Å². The fourth-order valence-corrected chi connectivity index (χ4v) is 13.3. The van der Waals surface area contributed by atoms with Gasteiger partial charge in [-0.3, -0.25) is 4.79 Å². The predicted octanol–water partition coefficient (Wildman–Crippen LogP) is 18.2. The molecule has 1 saturated heterocycles. The monoisotopic (exact) mass is 1010 g/mol. The van der Waals surface area contributed by atoms with Gasteiger partial charge in [0.25, 0.3) is 0 Å². The van der Waals surface area contributed by atoms with Gasteiger partial charge in [-0.2, -0.15) is 0 Å². The van der Waals surface area contributed by atoms with E-state index in [4.69, 9.17) is 9.47 Å². The van der Waals surface area contributed by atoms with Crippen LogP contribution in [0.25, 0.3) is 50.2 Å². The average molecular weight is 1010 g/mol. The van der Waals surface area contributed by atoms with Gasteiger partial charge in [-0.05, 0) is 155 Å². The zero-order valence-electron chi connectivity index (χ0n) is 44.4. The fraction of sp³-hybridized carbons (Fsp3) is 0.300. The Bertz CT molecular complexity index is 3470. The minimum Gasteiger partial charge on any atom is -0.497 e. The zero-order valence-corrected chi connectivity index (χ0v) is 44.4. The summed E-state index contributed by atoms with van der Waals surface area (Å²) in [4.78, 5) is 16.4. The molecule has 0 bridgehead atoms. The number of methoxy groups -OCH3 is 1. The predicted molar refractivity (Wildman–Crippen MR) is 307 cm³/mol. The summed E-state index contributed by atoms with van der Waals surface area (Å²) < 4.78 is 45.6. The molecule has 2 fully saturated rings. The van der Waals surface area contributed by atoms with Crippen LogP contribution in [0.2, 0.25) is 0 Å². The molecule has 2 heterocycles. The first-order valence-electron chi connectivity index (χ1n) is 27.9. The summed E-state index contributed by atoms with van der Waals surface area (Å²) in [5.41, 5.74) is 12.5. The second-order valence-corrected chi connectivity index (χ2v) is 22.5. The number of fused-ring (bicyclic) bond motifs is 8. The lowest BCUT2D eigenvalue weighted by atomic mass is 9.76. The number of unbranched alkanes of at least 4 members (excludes halogenated alkanes) is 2. The number of carbonyl (C=O) groups excluding carboxylic acids is 1. The van der Waals surface area contributed by atoms with Crippen molar-refractivity contribution in [1.29, 1.82) is 0 Å². The summed E-state index contributed by atoms with van der Waals surface area (Å²) in [5.74, 6) is 1.28. The summed E-state index contributed by atoms with van der Waals surface area (Å²) in [5, 5.41) is 0.704. The minimum atomic E-state index is -1.14. The summed E-state index contributed by atoms with van der Waals surface area (Å²) in [6, 6.07) is 50.0. The second kappa shape index (κ2) is 20.3. The summed E-state index contributed by atoms with van der Waals surface area (Å²) in [6.45, 7) is 8.70. The molecule has 0 radical (unpaired) electrons. The van der Waals surface area contributed by atoms with Crippen LogP contribution in [0, 0.1) is 17.6 Å². The van der Waals surface area contributed by atoms with Crippen molar-refractivity contribution >= 4 is 28.3 Å². The molecule has 2 aliphatic carbocycles. The number of ketones is 1. The van der Waals surface area contributed by atoms with Crippen LogP contribution in [-0.4, -0.2) is 26.0 Å². The molecule has 1 saturated carbocycles. The van der Waals surface area contributed by atoms with E-state index in [1.54, 1.807) is 7.11 Å². The molecular formula is C70H67F2NO3. The van der Waals surface area contributed by atoms with Crippen molar-refractivity contribution in [3.05, 3.63) is 214 Å². The Morgan fingerprint density at radius 3 is 1.92 bits per heavy atom. The Kier molecular flexibility index (Phi) is 13.3. The van der Waals surface area contributed by atoms with Crippen molar-refractivity contribution in [2.75, 3.05) is 25.1 Å². The molecule has 0 amide bonds. The Labute approximate surface area is 447 Å². The molecule has 76 heavy (non-hydrogen) atoms. The summed E-state index contributed by atoms with van der Waals surface area (Å²) >= 11 is 0. The van der Waals surface area contributed by atoms with Crippen molar-refractivity contribution in [2.45, 2.75) is 108 Å². The summed E-state index contributed by atoms with van der Waals surface area (Å²) in [6.07, 6.45) is 18.5. The average Bonchev–Trinajstić information content (AvgIpc) is 3.97. The van der Waals surface area contributed by atoms with E-state index in [0.717, 1.165) is 86.3 Å². The number of nitrogens with zero attached hydrogens (tertiary/aromatic N) is 1. The maximum Gasteiger partial charge on any atom is 0.193 e. The zero-order chi connectivity index (χ0) is 52.1. The van der Waals surface area contributed by atoms with Crippen LogP contribution in [-0.2, 0) is 11.0 Å². The van der Waals surface area contributed by atoms with E-state index in [9.17, 15) is 4.79 Å². The second-order valence-electron chi connectivity index (χ2n) is 22.5. The summed E-state index contributed by atoms with van der Waals surface area (Å²) in [7, 11) is 1.65.